The second-order valence-corrected chi connectivity index (χ2v) is 3.46. The molecule has 1 aromatic rings. The summed E-state index contributed by atoms with van der Waals surface area (Å²) in [6.45, 7) is 0.659. The van der Waals surface area contributed by atoms with Gasteiger partial charge in [-0.1, -0.05) is 0 Å². The van der Waals surface area contributed by atoms with Crippen molar-refractivity contribution < 1.29 is 23.8 Å². The third-order valence-corrected chi connectivity index (χ3v) is 2.58. The summed E-state index contributed by atoms with van der Waals surface area (Å²) in [5, 5.41) is 8.69. The number of hydrogen-bond acceptors (Lipinski definition) is 5. The van der Waals surface area contributed by atoms with Crippen molar-refractivity contribution in [3.63, 3.8) is 0 Å². The third-order valence-electron chi connectivity index (χ3n) is 2.58. The Bertz CT molecular complexity index is 425. The Morgan fingerprint density at radius 3 is 2.75 bits per heavy atom. The van der Waals surface area contributed by atoms with Crippen LogP contribution in [0.4, 0.5) is 5.88 Å². The molecule has 86 valence electrons. The Morgan fingerprint density at radius 1 is 1.56 bits per heavy atom. The molecule has 0 amide bonds. The van der Waals surface area contributed by atoms with Crippen LogP contribution in [0.2, 0.25) is 0 Å². The van der Waals surface area contributed by atoms with Crippen LogP contribution in [0.3, 0.4) is 0 Å². The van der Waals surface area contributed by atoms with Crippen LogP contribution in [0, 0.1) is 0 Å². The lowest BCUT2D eigenvalue weighted by atomic mass is 10.0. The number of hydrogen-bond donors (Lipinski definition) is 1. The molecule has 0 aromatic carbocycles. The van der Waals surface area contributed by atoms with Crippen LogP contribution in [0.5, 0.6) is 0 Å². The van der Waals surface area contributed by atoms with E-state index in [1.54, 1.807) is 11.0 Å². The third kappa shape index (κ3) is 1.62. The molecule has 1 saturated heterocycles. The minimum Gasteiger partial charge on any atom is -0.475 e. The van der Waals surface area contributed by atoms with E-state index in [0.717, 1.165) is 0 Å². The van der Waals surface area contributed by atoms with Crippen LogP contribution >= 0.6 is 0 Å². The Balaban J connectivity index is 2.12. The number of esters is 1. The number of carboxylic acids is 1. The number of ether oxygens (including phenoxy) is 1. The first-order valence-electron chi connectivity index (χ1n) is 4.81. The van der Waals surface area contributed by atoms with Gasteiger partial charge in [-0.15, -0.1) is 0 Å². The van der Waals surface area contributed by atoms with Crippen molar-refractivity contribution in [1.82, 2.24) is 0 Å². The maximum atomic E-state index is 11.3. The van der Waals surface area contributed by atoms with Crippen molar-refractivity contribution in [1.29, 1.82) is 0 Å². The number of aromatic carboxylic acids is 1. The topological polar surface area (TPSA) is 80.0 Å². The SMILES string of the molecule is COC(=O)C1CCN1c1ccc(C(=O)O)o1. The molecule has 0 radical (unpaired) electrons. The van der Waals surface area contributed by atoms with Gasteiger partial charge >= 0.3 is 11.9 Å². The van der Waals surface area contributed by atoms with E-state index >= 15 is 0 Å². The zero-order valence-corrected chi connectivity index (χ0v) is 8.67. The van der Waals surface area contributed by atoms with E-state index in [1.165, 1.54) is 13.2 Å². The molecule has 1 aromatic heterocycles. The summed E-state index contributed by atoms with van der Waals surface area (Å²) in [7, 11) is 1.32. The van der Waals surface area contributed by atoms with Gasteiger partial charge in [0.15, 0.2) is 5.88 Å². The number of furan rings is 1. The molecule has 0 saturated carbocycles. The zero-order chi connectivity index (χ0) is 11.7. The molecule has 0 aliphatic carbocycles. The fourth-order valence-electron chi connectivity index (χ4n) is 1.63. The lowest BCUT2D eigenvalue weighted by Crippen LogP contribution is -2.52. The predicted molar refractivity (Wildman–Crippen MR) is 53.4 cm³/mol. The molecule has 0 bridgehead atoms. The van der Waals surface area contributed by atoms with Gasteiger partial charge in [-0.3, -0.25) is 0 Å². The van der Waals surface area contributed by atoms with E-state index in [2.05, 4.69) is 4.74 Å². The summed E-state index contributed by atoms with van der Waals surface area (Å²) in [4.78, 5) is 23.6. The van der Waals surface area contributed by atoms with Gasteiger partial charge in [-0.2, -0.15) is 0 Å². The lowest BCUT2D eigenvalue weighted by Gasteiger charge is -2.38. The van der Waals surface area contributed by atoms with E-state index in [4.69, 9.17) is 9.52 Å². The van der Waals surface area contributed by atoms with Crippen molar-refractivity contribution >= 4 is 17.8 Å². The van der Waals surface area contributed by atoms with E-state index in [0.29, 0.717) is 18.8 Å². The fourth-order valence-corrected chi connectivity index (χ4v) is 1.63. The monoisotopic (exact) mass is 225 g/mol. The number of carbonyl (C=O) groups excluding carboxylic acids is 1. The minimum atomic E-state index is -1.12. The Labute approximate surface area is 91.4 Å². The molecular weight excluding hydrogens is 214 g/mol. The average Bonchev–Trinajstić information content (AvgIpc) is 2.65. The highest BCUT2D eigenvalue weighted by Crippen LogP contribution is 2.28. The Hall–Kier alpha value is -1.98. The smallest absolute Gasteiger partial charge is 0.371 e. The molecule has 2 rings (SSSR count). The van der Waals surface area contributed by atoms with E-state index < -0.39 is 5.97 Å². The fraction of sp³-hybridized carbons (Fsp3) is 0.400. The van der Waals surface area contributed by atoms with Gasteiger partial charge in [0.2, 0.25) is 5.76 Å². The molecule has 2 heterocycles. The van der Waals surface area contributed by atoms with Gasteiger partial charge in [0.25, 0.3) is 0 Å². The van der Waals surface area contributed by atoms with Crippen LogP contribution in [0.1, 0.15) is 17.0 Å². The van der Waals surface area contributed by atoms with Gasteiger partial charge in [0.1, 0.15) is 6.04 Å². The highest BCUT2D eigenvalue weighted by molar-refractivity contribution is 5.85. The van der Waals surface area contributed by atoms with Crippen molar-refractivity contribution in [3.8, 4) is 0 Å². The average molecular weight is 225 g/mol. The number of rotatable bonds is 3. The molecular formula is C10H11NO5. The summed E-state index contributed by atoms with van der Waals surface area (Å²) in [5.41, 5.74) is 0. The van der Waals surface area contributed by atoms with Gasteiger partial charge in [0.05, 0.1) is 7.11 Å². The van der Waals surface area contributed by atoms with E-state index in [9.17, 15) is 9.59 Å². The molecule has 6 nitrogen and oxygen atoms in total. The maximum Gasteiger partial charge on any atom is 0.371 e. The summed E-state index contributed by atoms with van der Waals surface area (Å²) >= 11 is 0. The van der Waals surface area contributed by atoms with Crippen molar-refractivity contribution in [2.75, 3.05) is 18.6 Å². The van der Waals surface area contributed by atoms with Gasteiger partial charge in [0, 0.05) is 12.6 Å². The van der Waals surface area contributed by atoms with Crippen molar-refractivity contribution in [2.45, 2.75) is 12.5 Å². The largest absolute Gasteiger partial charge is 0.475 e. The normalized spacial score (nSPS) is 19.1. The summed E-state index contributed by atoms with van der Waals surface area (Å²) < 4.78 is 9.71. The van der Waals surface area contributed by atoms with Gasteiger partial charge in [-0.25, -0.2) is 9.59 Å². The van der Waals surface area contributed by atoms with Crippen molar-refractivity contribution in [2.24, 2.45) is 0 Å². The number of carboxylic acid groups (broad SMARTS) is 1. The number of carbonyl (C=O) groups is 2. The molecule has 0 spiro atoms. The highest BCUT2D eigenvalue weighted by atomic mass is 16.5. The van der Waals surface area contributed by atoms with Gasteiger partial charge in [-0.05, 0) is 12.5 Å². The standard InChI is InChI=1S/C10H11NO5/c1-15-10(14)6-4-5-11(6)8-3-2-7(16-8)9(12)13/h2-3,6H,4-5H2,1H3,(H,12,13). The number of methoxy groups -OCH3 is 1. The predicted octanol–water partition coefficient (Wildman–Crippen LogP) is 0.730. The first kappa shape index (κ1) is 10.5. The second kappa shape index (κ2) is 3.88. The minimum absolute atomic E-state index is 0.134. The van der Waals surface area contributed by atoms with Crippen LogP contribution in [-0.2, 0) is 9.53 Å². The van der Waals surface area contributed by atoms with Crippen molar-refractivity contribution in [3.05, 3.63) is 17.9 Å². The van der Waals surface area contributed by atoms with E-state index in [1.807, 2.05) is 0 Å². The molecule has 16 heavy (non-hydrogen) atoms. The zero-order valence-electron chi connectivity index (χ0n) is 8.67. The molecule has 1 aliphatic rings. The first-order valence-corrected chi connectivity index (χ1v) is 4.81. The summed E-state index contributed by atoms with van der Waals surface area (Å²) in [5.74, 6) is -1.20. The Morgan fingerprint density at radius 2 is 2.31 bits per heavy atom. The van der Waals surface area contributed by atoms with Crippen LogP contribution in [0.15, 0.2) is 16.5 Å². The Kier molecular flexibility index (Phi) is 2.55. The first-order chi connectivity index (χ1) is 7.63. The molecule has 1 atom stereocenters. The molecule has 1 aliphatic heterocycles. The quantitative estimate of drug-likeness (QED) is 0.764. The molecule has 1 fully saturated rings. The molecule has 1 unspecified atom stereocenters. The second-order valence-electron chi connectivity index (χ2n) is 3.46. The van der Waals surface area contributed by atoms with Gasteiger partial charge < -0.3 is 19.2 Å². The lowest BCUT2D eigenvalue weighted by molar-refractivity contribution is -0.143. The molecule has 6 heteroatoms. The summed E-state index contributed by atoms with van der Waals surface area (Å²) in [6.07, 6.45) is 0.690. The van der Waals surface area contributed by atoms with E-state index in [-0.39, 0.29) is 17.8 Å². The summed E-state index contributed by atoms with van der Waals surface area (Å²) in [6, 6.07) is 2.54. The van der Waals surface area contributed by atoms with Crippen LogP contribution in [0.25, 0.3) is 0 Å². The maximum absolute atomic E-state index is 11.3. The number of nitrogens with zero attached hydrogens (tertiary/aromatic N) is 1. The van der Waals surface area contributed by atoms with Crippen LogP contribution < -0.4 is 4.90 Å². The van der Waals surface area contributed by atoms with Crippen LogP contribution in [-0.4, -0.2) is 36.7 Å². The molecule has 1 N–H and O–H groups in total. The highest BCUT2D eigenvalue weighted by Gasteiger charge is 2.37. The number of anilines is 1.